The first-order valence-electron chi connectivity index (χ1n) is 5.18. The number of carbonyl (C=O) groups is 1. The van der Waals surface area contributed by atoms with Crippen LogP contribution in [0, 0.1) is 17.0 Å². The fourth-order valence-corrected chi connectivity index (χ4v) is 1.51. The molecule has 0 unspecified atom stereocenters. The number of halogens is 2. The van der Waals surface area contributed by atoms with Gasteiger partial charge in [0.15, 0.2) is 17.3 Å². The van der Waals surface area contributed by atoms with E-state index in [2.05, 4.69) is 4.74 Å². The maximum atomic E-state index is 13.6. The third kappa shape index (κ3) is 2.52. The third-order valence-electron chi connectivity index (χ3n) is 2.66. The van der Waals surface area contributed by atoms with E-state index in [0.29, 0.717) is 6.07 Å². The number of hydrogen-bond acceptors (Lipinski definition) is 3. The summed E-state index contributed by atoms with van der Waals surface area (Å²) in [4.78, 5) is 11.0. The Bertz CT molecular complexity index is 483. The first-order valence-corrected chi connectivity index (χ1v) is 5.18. The van der Waals surface area contributed by atoms with E-state index in [1.807, 2.05) is 0 Å². The van der Waals surface area contributed by atoms with Crippen molar-refractivity contribution in [1.29, 1.82) is 0 Å². The zero-order valence-electron chi connectivity index (χ0n) is 10.3. The average Bonchev–Trinajstić information content (AvgIpc) is 2.24. The van der Waals surface area contributed by atoms with Gasteiger partial charge in [0.05, 0.1) is 12.5 Å². The van der Waals surface area contributed by atoms with Crippen LogP contribution in [0.5, 0.6) is 11.5 Å². The molecule has 0 saturated heterocycles. The smallest absolute Gasteiger partial charge is 0.309 e. The van der Waals surface area contributed by atoms with Crippen molar-refractivity contribution >= 4 is 5.97 Å². The van der Waals surface area contributed by atoms with Gasteiger partial charge in [0.2, 0.25) is 0 Å². The summed E-state index contributed by atoms with van der Waals surface area (Å²) in [6.07, 6.45) is -0.281. The summed E-state index contributed by atoms with van der Waals surface area (Å²) in [5.74, 6) is -4.38. The van der Waals surface area contributed by atoms with Gasteiger partial charge in [0, 0.05) is 11.6 Å². The first-order chi connectivity index (χ1) is 8.20. The van der Waals surface area contributed by atoms with Crippen LogP contribution < -0.4 is 4.74 Å². The van der Waals surface area contributed by atoms with Gasteiger partial charge in [-0.1, -0.05) is 0 Å². The zero-order chi connectivity index (χ0) is 14.1. The van der Waals surface area contributed by atoms with Crippen LogP contribution in [0.15, 0.2) is 6.07 Å². The lowest BCUT2D eigenvalue weighted by atomic mass is 9.85. The van der Waals surface area contributed by atoms with E-state index in [4.69, 9.17) is 5.11 Å². The van der Waals surface area contributed by atoms with Crippen LogP contribution in [0.4, 0.5) is 8.78 Å². The fraction of sp³-hybridized carbons (Fsp3) is 0.417. The number of carboxylic acids is 1. The molecule has 1 aromatic rings. The van der Waals surface area contributed by atoms with Crippen LogP contribution in [0.2, 0.25) is 0 Å². The van der Waals surface area contributed by atoms with Crippen LogP contribution in [0.1, 0.15) is 19.4 Å². The predicted molar refractivity (Wildman–Crippen MR) is 59.7 cm³/mol. The topological polar surface area (TPSA) is 66.8 Å². The van der Waals surface area contributed by atoms with Gasteiger partial charge in [0.25, 0.3) is 0 Å². The summed E-state index contributed by atoms with van der Waals surface area (Å²) in [5, 5.41) is 18.7. The number of phenolic OH excluding ortho intramolecular Hbond substituents is 1. The zero-order valence-corrected chi connectivity index (χ0v) is 10.3. The fourth-order valence-electron chi connectivity index (χ4n) is 1.51. The molecule has 18 heavy (non-hydrogen) atoms. The Hall–Kier alpha value is -1.85. The lowest BCUT2D eigenvalue weighted by Crippen LogP contribution is -2.26. The van der Waals surface area contributed by atoms with Gasteiger partial charge in [-0.25, -0.2) is 8.78 Å². The van der Waals surface area contributed by atoms with Crippen molar-refractivity contribution in [2.24, 2.45) is 5.41 Å². The monoisotopic (exact) mass is 260 g/mol. The number of ether oxygens (including phenoxy) is 1. The molecule has 0 fully saturated rings. The molecule has 0 aliphatic heterocycles. The van der Waals surface area contributed by atoms with E-state index in [1.165, 1.54) is 13.8 Å². The predicted octanol–water partition coefficient (Wildman–Crippen LogP) is 2.33. The van der Waals surface area contributed by atoms with Gasteiger partial charge < -0.3 is 14.9 Å². The lowest BCUT2D eigenvalue weighted by molar-refractivity contribution is -0.146. The van der Waals surface area contributed by atoms with Gasteiger partial charge in [-0.3, -0.25) is 4.79 Å². The molecule has 0 atom stereocenters. The molecule has 6 heteroatoms. The molecule has 1 aromatic carbocycles. The van der Waals surface area contributed by atoms with E-state index in [0.717, 1.165) is 7.11 Å². The minimum atomic E-state index is -1.29. The average molecular weight is 260 g/mol. The molecule has 2 N–H and O–H groups in total. The summed E-state index contributed by atoms with van der Waals surface area (Å²) < 4.78 is 31.4. The number of carboxylic acid groups (broad SMARTS) is 1. The number of benzene rings is 1. The van der Waals surface area contributed by atoms with E-state index >= 15 is 0 Å². The number of phenols is 1. The number of methoxy groups -OCH3 is 1. The number of aliphatic carboxylic acids is 1. The number of hydrogen-bond donors (Lipinski definition) is 2. The Balaban J connectivity index is 3.30. The van der Waals surface area contributed by atoms with Crippen LogP contribution in [-0.2, 0) is 11.2 Å². The highest BCUT2D eigenvalue weighted by atomic mass is 19.1. The summed E-state index contributed by atoms with van der Waals surface area (Å²) in [7, 11) is 1.13. The molecular weight excluding hydrogens is 246 g/mol. The Morgan fingerprint density at radius 1 is 1.39 bits per heavy atom. The molecule has 4 nitrogen and oxygen atoms in total. The summed E-state index contributed by atoms with van der Waals surface area (Å²) in [5.41, 5.74) is -1.57. The quantitative estimate of drug-likeness (QED) is 0.872. The summed E-state index contributed by atoms with van der Waals surface area (Å²) in [6, 6.07) is 0.561. The van der Waals surface area contributed by atoms with E-state index in [9.17, 15) is 18.7 Å². The molecule has 0 saturated carbocycles. The Kier molecular flexibility index (Phi) is 3.79. The van der Waals surface area contributed by atoms with E-state index in [1.54, 1.807) is 0 Å². The largest absolute Gasteiger partial charge is 0.504 e. The van der Waals surface area contributed by atoms with E-state index in [-0.39, 0.29) is 12.0 Å². The van der Waals surface area contributed by atoms with Crippen LogP contribution >= 0.6 is 0 Å². The van der Waals surface area contributed by atoms with Gasteiger partial charge in [-0.2, -0.15) is 0 Å². The van der Waals surface area contributed by atoms with Crippen molar-refractivity contribution in [2.75, 3.05) is 7.11 Å². The van der Waals surface area contributed by atoms with Crippen LogP contribution in [0.25, 0.3) is 0 Å². The molecule has 0 heterocycles. The molecule has 0 amide bonds. The van der Waals surface area contributed by atoms with Crippen molar-refractivity contribution in [3.8, 4) is 11.5 Å². The van der Waals surface area contributed by atoms with Crippen molar-refractivity contribution in [3.05, 3.63) is 23.3 Å². The standard InChI is InChI=1S/C12H14F2O4/c1-12(2,11(16)17)5-6-7(13)4-8(14)10(18-3)9(6)15/h4,15H,5H2,1-3H3,(H,16,17). The Morgan fingerprint density at radius 3 is 2.39 bits per heavy atom. The number of aromatic hydroxyl groups is 1. The maximum Gasteiger partial charge on any atom is 0.309 e. The van der Waals surface area contributed by atoms with Crippen molar-refractivity contribution < 1.29 is 28.5 Å². The lowest BCUT2D eigenvalue weighted by Gasteiger charge is -2.20. The third-order valence-corrected chi connectivity index (χ3v) is 2.66. The van der Waals surface area contributed by atoms with Crippen molar-refractivity contribution in [1.82, 2.24) is 0 Å². The van der Waals surface area contributed by atoms with Gasteiger partial charge >= 0.3 is 5.97 Å². The van der Waals surface area contributed by atoms with Crippen LogP contribution in [-0.4, -0.2) is 23.3 Å². The molecule has 0 aliphatic carbocycles. The Labute approximate surface area is 103 Å². The highest BCUT2D eigenvalue weighted by molar-refractivity contribution is 5.74. The second-order valence-corrected chi connectivity index (χ2v) is 4.57. The summed E-state index contributed by atoms with van der Waals surface area (Å²) >= 11 is 0. The Morgan fingerprint density at radius 2 is 1.94 bits per heavy atom. The normalized spacial score (nSPS) is 11.4. The minimum Gasteiger partial charge on any atom is -0.504 e. The maximum absolute atomic E-state index is 13.6. The van der Waals surface area contributed by atoms with Gasteiger partial charge in [-0.05, 0) is 20.3 Å². The highest BCUT2D eigenvalue weighted by Gasteiger charge is 2.31. The highest BCUT2D eigenvalue weighted by Crippen LogP contribution is 2.38. The molecule has 0 bridgehead atoms. The second-order valence-electron chi connectivity index (χ2n) is 4.57. The minimum absolute atomic E-state index is 0.277. The summed E-state index contributed by atoms with van der Waals surface area (Å²) in [6.45, 7) is 2.76. The SMILES string of the molecule is COc1c(F)cc(F)c(CC(C)(C)C(=O)O)c1O. The molecule has 0 radical (unpaired) electrons. The van der Waals surface area contributed by atoms with Crippen molar-refractivity contribution in [2.45, 2.75) is 20.3 Å². The molecule has 100 valence electrons. The second kappa shape index (κ2) is 4.80. The molecule has 0 aliphatic rings. The van der Waals surface area contributed by atoms with Gasteiger partial charge in [-0.15, -0.1) is 0 Å². The van der Waals surface area contributed by atoms with Crippen molar-refractivity contribution in [3.63, 3.8) is 0 Å². The molecule has 0 aromatic heterocycles. The molecular formula is C12H14F2O4. The molecule has 1 rings (SSSR count). The van der Waals surface area contributed by atoms with E-state index < -0.39 is 34.5 Å². The van der Waals surface area contributed by atoms with Crippen LogP contribution in [0.3, 0.4) is 0 Å². The first kappa shape index (κ1) is 14.2. The molecule has 0 spiro atoms. The van der Waals surface area contributed by atoms with Gasteiger partial charge in [0.1, 0.15) is 5.82 Å². The number of rotatable bonds is 4.